The SMILES string of the molecule is COc1ccc(CN(C(=O)CN(c2ccc(Cl)c(C(F)(F)F)c2)S(=O)(=O)c2ccccc2)C(C)C(=O)NC(C)(C)C)cc1. The highest BCUT2D eigenvalue weighted by Crippen LogP contribution is 2.38. The Hall–Kier alpha value is -3.77. The Labute approximate surface area is 254 Å². The van der Waals surface area contributed by atoms with Crippen molar-refractivity contribution in [2.24, 2.45) is 0 Å². The summed E-state index contributed by atoms with van der Waals surface area (Å²) in [7, 11) is -3.06. The molecule has 43 heavy (non-hydrogen) atoms. The molecule has 0 saturated heterocycles. The second kappa shape index (κ2) is 13.3. The molecule has 0 aliphatic carbocycles. The van der Waals surface area contributed by atoms with E-state index in [1.807, 2.05) is 0 Å². The quantitative estimate of drug-likeness (QED) is 0.298. The highest BCUT2D eigenvalue weighted by molar-refractivity contribution is 7.92. The van der Waals surface area contributed by atoms with E-state index in [0.29, 0.717) is 21.7 Å². The van der Waals surface area contributed by atoms with E-state index in [2.05, 4.69) is 5.32 Å². The monoisotopic (exact) mass is 639 g/mol. The number of nitrogens with one attached hydrogen (secondary N) is 1. The number of hydrogen-bond acceptors (Lipinski definition) is 5. The number of alkyl halides is 3. The highest BCUT2D eigenvalue weighted by Gasteiger charge is 2.37. The fraction of sp³-hybridized carbons (Fsp3) is 0.333. The van der Waals surface area contributed by atoms with Crippen LogP contribution in [0, 0.1) is 0 Å². The van der Waals surface area contributed by atoms with E-state index in [4.69, 9.17) is 16.3 Å². The number of carbonyl (C=O) groups excluding carboxylic acids is 2. The molecule has 0 radical (unpaired) electrons. The Kier molecular flexibility index (Phi) is 10.4. The number of ether oxygens (including phenoxy) is 1. The van der Waals surface area contributed by atoms with Crippen LogP contribution in [0.25, 0.3) is 0 Å². The number of anilines is 1. The van der Waals surface area contributed by atoms with Crippen LogP contribution in [0.15, 0.2) is 77.7 Å². The summed E-state index contributed by atoms with van der Waals surface area (Å²) in [5.41, 5.74) is -1.72. The van der Waals surface area contributed by atoms with Gasteiger partial charge in [0.25, 0.3) is 10.0 Å². The van der Waals surface area contributed by atoms with Crippen LogP contribution in [0.5, 0.6) is 5.75 Å². The van der Waals surface area contributed by atoms with E-state index in [1.54, 1.807) is 51.1 Å². The highest BCUT2D eigenvalue weighted by atomic mass is 35.5. The summed E-state index contributed by atoms with van der Waals surface area (Å²) < 4.78 is 74.6. The molecule has 0 aromatic heterocycles. The van der Waals surface area contributed by atoms with Gasteiger partial charge in [-0.05, 0) is 75.7 Å². The Morgan fingerprint density at radius 2 is 1.58 bits per heavy atom. The molecular weight excluding hydrogens is 607 g/mol. The van der Waals surface area contributed by atoms with Gasteiger partial charge in [0.15, 0.2) is 0 Å². The zero-order valence-corrected chi connectivity index (χ0v) is 25.8. The molecule has 0 bridgehead atoms. The van der Waals surface area contributed by atoms with Crippen molar-refractivity contribution in [1.82, 2.24) is 10.2 Å². The van der Waals surface area contributed by atoms with Crippen LogP contribution in [0.4, 0.5) is 18.9 Å². The van der Waals surface area contributed by atoms with Crippen molar-refractivity contribution in [2.75, 3.05) is 18.0 Å². The van der Waals surface area contributed by atoms with Crippen LogP contribution in [0.1, 0.15) is 38.8 Å². The van der Waals surface area contributed by atoms with Crippen LogP contribution in [0.3, 0.4) is 0 Å². The molecular formula is C30H33ClF3N3O5S. The number of carbonyl (C=O) groups is 2. The fourth-order valence-electron chi connectivity index (χ4n) is 4.12. The predicted octanol–water partition coefficient (Wildman–Crippen LogP) is 5.89. The molecule has 232 valence electrons. The predicted molar refractivity (Wildman–Crippen MR) is 158 cm³/mol. The first-order valence-electron chi connectivity index (χ1n) is 13.1. The van der Waals surface area contributed by atoms with Crippen LogP contribution in [-0.2, 0) is 32.3 Å². The van der Waals surface area contributed by atoms with Crippen molar-refractivity contribution in [2.45, 2.75) is 56.9 Å². The van der Waals surface area contributed by atoms with E-state index < -0.39 is 62.4 Å². The van der Waals surface area contributed by atoms with Gasteiger partial charge in [-0.2, -0.15) is 13.2 Å². The first kappa shape index (κ1) is 33.7. The molecule has 3 aromatic carbocycles. The van der Waals surface area contributed by atoms with Crippen molar-refractivity contribution in [3.05, 3.63) is 88.9 Å². The average molecular weight is 640 g/mol. The minimum atomic E-state index is -4.89. The third-order valence-corrected chi connectivity index (χ3v) is 8.45. The van der Waals surface area contributed by atoms with Crippen LogP contribution >= 0.6 is 11.6 Å². The van der Waals surface area contributed by atoms with Gasteiger partial charge in [-0.25, -0.2) is 8.42 Å². The van der Waals surface area contributed by atoms with Crippen molar-refractivity contribution >= 4 is 39.1 Å². The number of amides is 2. The number of rotatable bonds is 10. The van der Waals surface area contributed by atoms with Crippen LogP contribution < -0.4 is 14.4 Å². The Bertz CT molecular complexity index is 1540. The summed E-state index contributed by atoms with van der Waals surface area (Å²) in [5, 5.41) is 2.17. The smallest absolute Gasteiger partial charge is 0.417 e. The maximum absolute atomic E-state index is 14.0. The molecule has 1 atom stereocenters. The number of benzene rings is 3. The zero-order valence-electron chi connectivity index (χ0n) is 24.3. The Morgan fingerprint density at radius 3 is 2.12 bits per heavy atom. The molecule has 1 N–H and O–H groups in total. The molecule has 0 fully saturated rings. The standard InChI is InChI=1S/C30H33ClF3N3O5S/c1-20(28(39)35-29(2,3)4)36(18-21-11-14-23(42-5)15-12-21)27(38)19-37(43(40,41)24-9-7-6-8-10-24)22-13-16-26(31)25(17-22)30(32,33)34/h6-17,20H,18-19H2,1-5H3,(H,35,39). The van der Waals surface area contributed by atoms with Crippen molar-refractivity contribution < 1.29 is 35.9 Å². The van der Waals surface area contributed by atoms with Crippen LogP contribution in [-0.4, -0.2) is 50.4 Å². The Balaban J connectivity index is 2.11. The van der Waals surface area contributed by atoms with Crippen LogP contribution in [0.2, 0.25) is 5.02 Å². The minimum Gasteiger partial charge on any atom is -0.497 e. The lowest BCUT2D eigenvalue weighted by Crippen LogP contribution is -2.54. The van der Waals surface area contributed by atoms with E-state index in [-0.39, 0.29) is 11.4 Å². The maximum atomic E-state index is 14.0. The molecule has 0 saturated carbocycles. The van der Waals surface area contributed by atoms with E-state index in [0.717, 1.165) is 12.1 Å². The summed E-state index contributed by atoms with van der Waals surface area (Å²) in [6.45, 7) is 5.78. The molecule has 3 aromatic rings. The second-order valence-corrected chi connectivity index (χ2v) is 13.0. The summed E-state index contributed by atoms with van der Waals surface area (Å²) in [4.78, 5) is 28.1. The average Bonchev–Trinajstić information content (AvgIpc) is 2.93. The van der Waals surface area contributed by atoms with Gasteiger partial charge in [-0.15, -0.1) is 0 Å². The molecule has 3 rings (SSSR count). The second-order valence-electron chi connectivity index (χ2n) is 10.8. The van der Waals surface area contributed by atoms with Gasteiger partial charge in [-0.1, -0.05) is 41.9 Å². The third kappa shape index (κ3) is 8.64. The van der Waals surface area contributed by atoms with E-state index in [1.165, 1.54) is 43.2 Å². The molecule has 0 spiro atoms. The summed E-state index contributed by atoms with van der Waals surface area (Å²) in [6.07, 6.45) is -4.89. The topological polar surface area (TPSA) is 96.0 Å². The lowest BCUT2D eigenvalue weighted by Gasteiger charge is -2.33. The van der Waals surface area contributed by atoms with Gasteiger partial charge in [0.2, 0.25) is 11.8 Å². The van der Waals surface area contributed by atoms with E-state index >= 15 is 0 Å². The van der Waals surface area contributed by atoms with Crippen molar-refractivity contribution in [1.29, 1.82) is 0 Å². The zero-order chi connectivity index (χ0) is 32.2. The largest absolute Gasteiger partial charge is 0.497 e. The number of nitrogens with zero attached hydrogens (tertiary/aromatic N) is 2. The van der Waals surface area contributed by atoms with Gasteiger partial charge in [0, 0.05) is 12.1 Å². The fourth-order valence-corrected chi connectivity index (χ4v) is 5.77. The molecule has 2 amide bonds. The number of halogens is 4. The molecule has 13 heteroatoms. The summed E-state index contributed by atoms with van der Waals surface area (Å²) in [5.74, 6) is -0.767. The molecule has 0 aliphatic heterocycles. The molecule has 1 unspecified atom stereocenters. The number of methoxy groups -OCH3 is 1. The van der Waals surface area contributed by atoms with E-state index in [9.17, 15) is 31.2 Å². The number of sulfonamides is 1. The normalized spacial score (nSPS) is 12.8. The first-order valence-corrected chi connectivity index (χ1v) is 14.9. The lowest BCUT2D eigenvalue weighted by molar-refractivity contribution is -0.140. The van der Waals surface area contributed by atoms with Gasteiger partial charge < -0.3 is 15.0 Å². The van der Waals surface area contributed by atoms with Gasteiger partial charge in [-0.3, -0.25) is 13.9 Å². The van der Waals surface area contributed by atoms with Gasteiger partial charge >= 0.3 is 6.18 Å². The third-order valence-electron chi connectivity index (χ3n) is 6.33. The molecule has 8 nitrogen and oxygen atoms in total. The van der Waals surface area contributed by atoms with Crippen molar-refractivity contribution in [3.63, 3.8) is 0 Å². The summed E-state index contributed by atoms with van der Waals surface area (Å²) in [6, 6.07) is 15.2. The lowest BCUT2D eigenvalue weighted by atomic mass is 10.1. The molecule has 0 heterocycles. The molecule has 0 aliphatic rings. The minimum absolute atomic E-state index is 0.102. The van der Waals surface area contributed by atoms with Crippen molar-refractivity contribution in [3.8, 4) is 5.75 Å². The first-order chi connectivity index (χ1) is 19.9. The van der Waals surface area contributed by atoms with Gasteiger partial charge in [0.1, 0.15) is 18.3 Å². The maximum Gasteiger partial charge on any atom is 0.417 e. The summed E-state index contributed by atoms with van der Waals surface area (Å²) >= 11 is 5.80. The number of hydrogen-bond donors (Lipinski definition) is 1. The Morgan fingerprint density at radius 1 is 0.977 bits per heavy atom. The van der Waals surface area contributed by atoms with Gasteiger partial charge in [0.05, 0.1) is 28.3 Å².